The second kappa shape index (κ2) is 5.40. The Hall–Kier alpha value is -1.95. The molecule has 0 spiro atoms. The first-order valence-electron chi connectivity index (χ1n) is 5.13. The fraction of sp³-hybridized carbons (Fsp3) is 0.182. The van der Waals surface area contributed by atoms with Gasteiger partial charge in [-0.3, -0.25) is 10.3 Å². The fourth-order valence-electron chi connectivity index (χ4n) is 1.32. The van der Waals surface area contributed by atoms with E-state index < -0.39 is 0 Å². The molecule has 0 saturated carbocycles. The summed E-state index contributed by atoms with van der Waals surface area (Å²) in [5, 5.41) is 7.82. The number of hydrogen-bond acceptors (Lipinski definition) is 4. The van der Waals surface area contributed by atoms with Gasteiger partial charge in [0.25, 0.3) is 0 Å². The van der Waals surface area contributed by atoms with Gasteiger partial charge in [0, 0.05) is 17.8 Å². The van der Waals surface area contributed by atoms with Crippen LogP contribution in [0, 0.1) is 0 Å². The molecule has 5 nitrogen and oxygen atoms in total. The minimum Gasteiger partial charge on any atom is -0.330 e. The molecule has 0 fully saturated rings. The zero-order valence-corrected chi connectivity index (χ0v) is 10.1. The third-order valence-corrected chi connectivity index (χ3v) is 2.82. The monoisotopic (exact) mass is 248 g/mol. The van der Waals surface area contributed by atoms with Crippen molar-refractivity contribution in [3.8, 4) is 0 Å². The summed E-state index contributed by atoms with van der Waals surface area (Å²) < 4.78 is 0. The van der Waals surface area contributed by atoms with E-state index in [1.54, 1.807) is 17.8 Å². The van der Waals surface area contributed by atoms with E-state index >= 15 is 0 Å². The Kier molecular flexibility index (Phi) is 3.66. The van der Waals surface area contributed by atoms with Gasteiger partial charge in [-0.05, 0) is 19.1 Å². The highest BCUT2D eigenvalue weighted by Gasteiger charge is 2.10. The second-order valence-corrected chi connectivity index (χ2v) is 4.31. The number of carbonyl (C=O) groups excluding carboxylic acids is 1. The number of nitrogens with one attached hydrogen (secondary N) is 2. The fourth-order valence-corrected chi connectivity index (χ4v) is 1.85. The Morgan fingerprint density at radius 3 is 2.88 bits per heavy atom. The van der Waals surface area contributed by atoms with Crippen molar-refractivity contribution in [2.45, 2.75) is 13.0 Å². The van der Waals surface area contributed by atoms with Gasteiger partial charge in [0.2, 0.25) is 0 Å². The van der Waals surface area contributed by atoms with E-state index in [1.807, 2.05) is 25.1 Å². The highest BCUT2D eigenvalue weighted by molar-refractivity contribution is 7.13. The molecule has 0 aromatic carbocycles. The lowest BCUT2D eigenvalue weighted by atomic mass is 10.2. The van der Waals surface area contributed by atoms with Gasteiger partial charge in [-0.15, -0.1) is 11.3 Å². The van der Waals surface area contributed by atoms with Gasteiger partial charge < -0.3 is 5.32 Å². The van der Waals surface area contributed by atoms with Gasteiger partial charge >= 0.3 is 6.03 Å². The SMILES string of the molecule is CC(NC(=O)Nc1nccs1)c1ccccn1. The molecule has 17 heavy (non-hydrogen) atoms. The summed E-state index contributed by atoms with van der Waals surface area (Å²) in [6, 6.07) is 5.17. The lowest BCUT2D eigenvalue weighted by molar-refractivity contribution is 0.249. The minimum atomic E-state index is -0.280. The molecule has 2 aromatic heterocycles. The van der Waals surface area contributed by atoms with E-state index in [4.69, 9.17) is 0 Å². The first-order chi connectivity index (χ1) is 8.25. The zero-order chi connectivity index (χ0) is 12.1. The first kappa shape index (κ1) is 11.5. The molecular formula is C11H12N4OS. The van der Waals surface area contributed by atoms with Gasteiger partial charge in [-0.25, -0.2) is 9.78 Å². The van der Waals surface area contributed by atoms with Crippen molar-refractivity contribution in [2.75, 3.05) is 5.32 Å². The number of rotatable bonds is 3. The van der Waals surface area contributed by atoms with Crippen LogP contribution in [0.2, 0.25) is 0 Å². The Morgan fingerprint density at radius 2 is 2.24 bits per heavy atom. The van der Waals surface area contributed by atoms with Crippen LogP contribution in [-0.4, -0.2) is 16.0 Å². The van der Waals surface area contributed by atoms with E-state index in [2.05, 4.69) is 20.6 Å². The molecule has 0 radical (unpaired) electrons. The van der Waals surface area contributed by atoms with Crippen molar-refractivity contribution in [1.29, 1.82) is 0 Å². The number of thiazole rings is 1. The van der Waals surface area contributed by atoms with Gasteiger partial charge in [0.15, 0.2) is 5.13 Å². The number of anilines is 1. The number of amides is 2. The average Bonchev–Trinajstić information content (AvgIpc) is 2.82. The lowest BCUT2D eigenvalue weighted by Gasteiger charge is -2.12. The highest BCUT2D eigenvalue weighted by Crippen LogP contribution is 2.11. The molecule has 6 heteroatoms. The number of nitrogens with zero attached hydrogens (tertiary/aromatic N) is 2. The van der Waals surface area contributed by atoms with Crippen LogP contribution in [0.3, 0.4) is 0 Å². The maximum Gasteiger partial charge on any atom is 0.321 e. The molecule has 0 aliphatic heterocycles. The molecule has 0 aliphatic rings. The Balaban J connectivity index is 1.91. The molecular weight excluding hydrogens is 236 g/mol. The molecule has 0 saturated heterocycles. The van der Waals surface area contributed by atoms with Crippen molar-refractivity contribution in [2.24, 2.45) is 0 Å². The number of carbonyl (C=O) groups is 1. The average molecular weight is 248 g/mol. The summed E-state index contributed by atoms with van der Waals surface area (Å²) in [5.74, 6) is 0. The zero-order valence-electron chi connectivity index (χ0n) is 9.25. The van der Waals surface area contributed by atoms with E-state index in [1.165, 1.54) is 11.3 Å². The van der Waals surface area contributed by atoms with Gasteiger partial charge in [0.05, 0.1) is 11.7 Å². The molecule has 1 atom stereocenters. The van der Waals surface area contributed by atoms with Crippen molar-refractivity contribution in [3.63, 3.8) is 0 Å². The molecule has 0 bridgehead atoms. The Bertz CT molecular complexity index is 471. The normalized spacial score (nSPS) is 11.8. The van der Waals surface area contributed by atoms with Crippen LogP contribution in [-0.2, 0) is 0 Å². The third kappa shape index (κ3) is 3.25. The van der Waals surface area contributed by atoms with Crippen LogP contribution >= 0.6 is 11.3 Å². The van der Waals surface area contributed by atoms with Crippen LogP contribution < -0.4 is 10.6 Å². The maximum absolute atomic E-state index is 11.6. The van der Waals surface area contributed by atoms with Crippen molar-refractivity contribution >= 4 is 22.5 Å². The smallest absolute Gasteiger partial charge is 0.321 e. The number of hydrogen-bond donors (Lipinski definition) is 2. The second-order valence-electron chi connectivity index (χ2n) is 3.41. The topological polar surface area (TPSA) is 66.9 Å². The maximum atomic E-state index is 11.6. The molecule has 1 unspecified atom stereocenters. The molecule has 88 valence electrons. The molecule has 2 amide bonds. The molecule has 2 heterocycles. The Labute approximate surface area is 103 Å². The van der Waals surface area contributed by atoms with Crippen molar-refractivity contribution in [3.05, 3.63) is 41.7 Å². The summed E-state index contributed by atoms with van der Waals surface area (Å²) in [4.78, 5) is 19.8. The van der Waals surface area contributed by atoms with Crippen molar-refractivity contribution in [1.82, 2.24) is 15.3 Å². The lowest BCUT2D eigenvalue weighted by Crippen LogP contribution is -2.31. The van der Waals surface area contributed by atoms with Crippen LogP contribution in [0.25, 0.3) is 0 Å². The largest absolute Gasteiger partial charge is 0.330 e. The standard InChI is InChI=1S/C11H12N4OS/c1-8(9-4-2-3-5-12-9)14-10(16)15-11-13-6-7-17-11/h2-8H,1H3,(H2,13,14,15,16). The minimum absolute atomic E-state index is 0.142. The summed E-state index contributed by atoms with van der Waals surface area (Å²) in [6.45, 7) is 1.88. The number of urea groups is 1. The molecule has 2 N–H and O–H groups in total. The van der Waals surface area contributed by atoms with Gasteiger partial charge in [-0.1, -0.05) is 6.07 Å². The molecule has 2 aromatic rings. The van der Waals surface area contributed by atoms with E-state index in [0.29, 0.717) is 5.13 Å². The van der Waals surface area contributed by atoms with E-state index in [0.717, 1.165) is 5.69 Å². The molecule has 0 aliphatic carbocycles. The molecule has 2 rings (SSSR count). The number of aromatic nitrogens is 2. The summed E-state index contributed by atoms with van der Waals surface area (Å²) >= 11 is 1.38. The van der Waals surface area contributed by atoms with Crippen LogP contribution in [0.5, 0.6) is 0 Å². The van der Waals surface area contributed by atoms with Gasteiger partial charge in [-0.2, -0.15) is 0 Å². The van der Waals surface area contributed by atoms with Crippen LogP contribution in [0.15, 0.2) is 36.0 Å². The number of pyridine rings is 1. The van der Waals surface area contributed by atoms with Crippen molar-refractivity contribution < 1.29 is 4.79 Å². The van der Waals surface area contributed by atoms with Crippen LogP contribution in [0.4, 0.5) is 9.93 Å². The van der Waals surface area contributed by atoms with Crippen LogP contribution in [0.1, 0.15) is 18.7 Å². The third-order valence-electron chi connectivity index (χ3n) is 2.13. The predicted octanol–water partition coefficient (Wildman–Crippen LogP) is 2.42. The van der Waals surface area contributed by atoms with Gasteiger partial charge in [0.1, 0.15) is 0 Å². The predicted molar refractivity (Wildman–Crippen MR) is 66.9 cm³/mol. The Morgan fingerprint density at radius 1 is 1.35 bits per heavy atom. The summed E-state index contributed by atoms with van der Waals surface area (Å²) in [6.07, 6.45) is 3.34. The van der Waals surface area contributed by atoms with E-state index in [-0.39, 0.29) is 12.1 Å². The quantitative estimate of drug-likeness (QED) is 0.876. The summed E-state index contributed by atoms with van der Waals surface area (Å²) in [5.41, 5.74) is 0.821. The highest BCUT2D eigenvalue weighted by atomic mass is 32.1. The summed E-state index contributed by atoms with van der Waals surface area (Å²) in [7, 11) is 0. The first-order valence-corrected chi connectivity index (χ1v) is 6.01. The van der Waals surface area contributed by atoms with E-state index in [9.17, 15) is 4.79 Å².